The molecule has 0 bridgehead atoms. The molecule has 4 N–H and O–H groups in total. The number of carbonyl (C=O) groups is 2. The van der Waals surface area contributed by atoms with Gasteiger partial charge in [-0.05, 0) is 25.0 Å². The molecule has 0 aliphatic rings. The number of rotatable bonds is 34. The number of unbranched alkanes of at least 4 members (excludes halogenated alkanes) is 30. The second-order valence-electron chi connectivity index (χ2n) is 14.4. The maximum atomic E-state index is 10.3. The van der Waals surface area contributed by atoms with Crippen molar-refractivity contribution in [2.24, 2.45) is 0 Å². The molecular formula is C44H82O6. The van der Waals surface area contributed by atoms with Gasteiger partial charge in [-0.25, -0.2) is 0 Å². The van der Waals surface area contributed by atoms with Crippen molar-refractivity contribution in [1.29, 1.82) is 0 Å². The maximum Gasteiger partial charge on any atom is 0.303 e. The van der Waals surface area contributed by atoms with Crippen LogP contribution in [0, 0.1) is 0 Å². The summed E-state index contributed by atoms with van der Waals surface area (Å²) in [5.74, 6) is -1.13. The lowest BCUT2D eigenvalue weighted by molar-refractivity contribution is -0.138. The van der Waals surface area contributed by atoms with Crippen LogP contribution >= 0.6 is 0 Å². The fourth-order valence-electron chi connectivity index (χ4n) is 6.14. The molecule has 0 atom stereocenters. The minimum Gasteiger partial charge on any atom is -0.508 e. The quantitative estimate of drug-likeness (QED) is 0.0530. The van der Waals surface area contributed by atoms with E-state index in [-0.39, 0.29) is 11.5 Å². The molecule has 0 heterocycles. The van der Waals surface area contributed by atoms with Crippen LogP contribution < -0.4 is 0 Å². The van der Waals surface area contributed by atoms with E-state index in [1.54, 1.807) is 6.07 Å². The first-order valence-corrected chi connectivity index (χ1v) is 21.2. The van der Waals surface area contributed by atoms with Gasteiger partial charge in [0.25, 0.3) is 0 Å². The first-order valence-electron chi connectivity index (χ1n) is 21.2. The van der Waals surface area contributed by atoms with E-state index in [2.05, 4.69) is 13.8 Å². The highest BCUT2D eigenvalue weighted by atomic mass is 16.4. The smallest absolute Gasteiger partial charge is 0.303 e. The molecule has 0 spiro atoms. The van der Waals surface area contributed by atoms with Gasteiger partial charge in [-0.2, -0.15) is 0 Å². The normalized spacial score (nSPS) is 10.6. The summed E-state index contributed by atoms with van der Waals surface area (Å²) in [5, 5.41) is 34.4. The monoisotopic (exact) mass is 707 g/mol. The number of hydrogen-bond donors (Lipinski definition) is 4. The number of phenolic OH excluding ortho intramolecular Hbond substituents is 2. The van der Waals surface area contributed by atoms with Crippen molar-refractivity contribution in [3.05, 3.63) is 24.3 Å². The second-order valence-corrected chi connectivity index (χ2v) is 14.4. The summed E-state index contributed by atoms with van der Waals surface area (Å²) in [6, 6.07) is 5.85. The van der Waals surface area contributed by atoms with E-state index < -0.39 is 11.9 Å². The Labute approximate surface area is 309 Å². The van der Waals surface area contributed by atoms with E-state index in [0.29, 0.717) is 12.8 Å². The van der Waals surface area contributed by atoms with Gasteiger partial charge in [-0.15, -0.1) is 0 Å². The Kier molecular flexibility index (Phi) is 42.8. The number of carboxylic acid groups (broad SMARTS) is 2. The number of aromatic hydroxyl groups is 2. The van der Waals surface area contributed by atoms with Crippen LogP contribution in [0.3, 0.4) is 0 Å². The highest BCUT2D eigenvalue weighted by Crippen LogP contribution is 2.16. The van der Waals surface area contributed by atoms with Crippen LogP contribution in [-0.2, 0) is 9.59 Å². The van der Waals surface area contributed by atoms with Gasteiger partial charge in [-0.1, -0.05) is 213 Å². The molecule has 0 amide bonds. The molecule has 0 unspecified atom stereocenters. The fraction of sp³-hybridized carbons (Fsp3) is 0.818. The van der Waals surface area contributed by atoms with Gasteiger partial charge in [0.1, 0.15) is 11.5 Å². The van der Waals surface area contributed by atoms with Gasteiger partial charge in [-0.3, -0.25) is 9.59 Å². The number of benzene rings is 1. The van der Waals surface area contributed by atoms with E-state index in [0.717, 1.165) is 25.7 Å². The zero-order chi connectivity index (χ0) is 37.2. The molecule has 1 aromatic carbocycles. The Bertz CT molecular complexity index is 763. The van der Waals surface area contributed by atoms with Crippen LogP contribution in [0.1, 0.15) is 232 Å². The largest absolute Gasteiger partial charge is 0.508 e. The first-order chi connectivity index (χ1) is 24.3. The standard InChI is InChI=1S/2C19H38O2.C6H6O2/c2*1-2-3-4-5-6-7-8-9-10-11-12-13-14-15-16-17-18-19(20)21;7-5-2-1-3-6(8)4-5/h2*2-18H2,1H3,(H,20,21);1-4,7-8H. The van der Waals surface area contributed by atoms with Crippen LogP contribution in [-0.4, -0.2) is 32.4 Å². The summed E-state index contributed by atoms with van der Waals surface area (Å²) >= 11 is 0. The Morgan fingerprint density at radius 3 is 0.740 bits per heavy atom. The average molecular weight is 707 g/mol. The van der Waals surface area contributed by atoms with Gasteiger partial charge < -0.3 is 20.4 Å². The summed E-state index contributed by atoms with van der Waals surface area (Å²) in [4.78, 5) is 20.7. The number of aliphatic carboxylic acids is 2. The minimum atomic E-state index is -0.652. The molecule has 0 saturated heterocycles. The molecule has 0 saturated carbocycles. The van der Waals surface area contributed by atoms with E-state index in [4.69, 9.17) is 20.4 Å². The number of hydrogen-bond acceptors (Lipinski definition) is 4. The number of phenols is 2. The van der Waals surface area contributed by atoms with E-state index in [9.17, 15) is 9.59 Å². The lowest BCUT2D eigenvalue weighted by Crippen LogP contribution is -1.93. The molecular weight excluding hydrogens is 624 g/mol. The van der Waals surface area contributed by atoms with Crippen LogP contribution in [0.4, 0.5) is 0 Å². The molecule has 1 rings (SSSR count). The van der Waals surface area contributed by atoms with Gasteiger partial charge in [0.2, 0.25) is 0 Å². The Morgan fingerprint density at radius 1 is 0.380 bits per heavy atom. The van der Waals surface area contributed by atoms with Crippen LogP contribution in [0.25, 0.3) is 0 Å². The third kappa shape index (κ3) is 47.9. The third-order valence-electron chi connectivity index (χ3n) is 9.32. The molecule has 6 nitrogen and oxygen atoms in total. The molecule has 0 aromatic heterocycles. The Hall–Kier alpha value is -2.24. The minimum absolute atomic E-state index is 0.0880. The van der Waals surface area contributed by atoms with E-state index in [1.807, 2.05) is 0 Å². The van der Waals surface area contributed by atoms with Crippen molar-refractivity contribution in [3.63, 3.8) is 0 Å². The molecule has 0 fully saturated rings. The first kappa shape index (κ1) is 49.9. The summed E-state index contributed by atoms with van der Waals surface area (Å²) in [5.41, 5.74) is 0. The second kappa shape index (κ2) is 42.9. The van der Waals surface area contributed by atoms with Crippen molar-refractivity contribution >= 4 is 11.9 Å². The summed E-state index contributed by atoms with van der Waals surface area (Å²) < 4.78 is 0. The van der Waals surface area contributed by atoms with Crippen LogP contribution in [0.15, 0.2) is 24.3 Å². The molecule has 6 heteroatoms. The van der Waals surface area contributed by atoms with E-state index >= 15 is 0 Å². The van der Waals surface area contributed by atoms with Gasteiger partial charge in [0.15, 0.2) is 0 Å². The lowest BCUT2D eigenvalue weighted by Gasteiger charge is -2.03. The highest BCUT2D eigenvalue weighted by molar-refractivity contribution is 5.66. The molecule has 294 valence electrons. The van der Waals surface area contributed by atoms with Crippen LogP contribution in [0.2, 0.25) is 0 Å². The zero-order valence-electron chi connectivity index (χ0n) is 33.0. The average Bonchev–Trinajstić information content (AvgIpc) is 3.08. The molecule has 0 radical (unpaired) electrons. The third-order valence-corrected chi connectivity index (χ3v) is 9.32. The van der Waals surface area contributed by atoms with Gasteiger partial charge >= 0.3 is 11.9 Å². The van der Waals surface area contributed by atoms with E-state index in [1.165, 1.54) is 198 Å². The highest BCUT2D eigenvalue weighted by Gasteiger charge is 1.99. The lowest BCUT2D eigenvalue weighted by atomic mass is 10.0. The SMILES string of the molecule is CCCCCCCCCCCCCCCCCCC(=O)O.CCCCCCCCCCCCCCCCCCC(=O)O.Oc1cccc(O)c1. The van der Waals surface area contributed by atoms with Crippen molar-refractivity contribution in [2.45, 2.75) is 232 Å². The van der Waals surface area contributed by atoms with Crippen LogP contribution in [0.5, 0.6) is 11.5 Å². The predicted octanol–water partition coefficient (Wildman–Crippen LogP) is 14.5. The summed E-state index contributed by atoms with van der Waals surface area (Å²) in [7, 11) is 0. The molecule has 0 aliphatic carbocycles. The Balaban J connectivity index is 0. The van der Waals surface area contributed by atoms with Gasteiger partial charge in [0, 0.05) is 18.9 Å². The summed E-state index contributed by atoms with van der Waals surface area (Å²) in [6.07, 6.45) is 43.3. The summed E-state index contributed by atoms with van der Waals surface area (Å²) in [6.45, 7) is 4.55. The van der Waals surface area contributed by atoms with Crippen molar-refractivity contribution in [1.82, 2.24) is 0 Å². The predicted molar refractivity (Wildman–Crippen MR) is 213 cm³/mol. The molecule has 0 aliphatic heterocycles. The topological polar surface area (TPSA) is 115 Å². The fourth-order valence-corrected chi connectivity index (χ4v) is 6.14. The van der Waals surface area contributed by atoms with Crippen molar-refractivity contribution in [2.75, 3.05) is 0 Å². The maximum absolute atomic E-state index is 10.3. The van der Waals surface area contributed by atoms with Crippen molar-refractivity contribution < 1.29 is 30.0 Å². The van der Waals surface area contributed by atoms with Crippen molar-refractivity contribution in [3.8, 4) is 11.5 Å². The number of carboxylic acids is 2. The molecule has 50 heavy (non-hydrogen) atoms. The molecule has 1 aromatic rings. The zero-order valence-corrected chi connectivity index (χ0v) is 33.0. The Morgan fingerprint density at radius 2 is 0.580 bits per heavy atom. The van der Waals surface area contributed by atoms with Gasteiger partial charge in [0.05, 0.1) is 0 Å².